The lowest BCUT2D eigenvalue weighted by Crippen LogP contribution is -2.30. The first-order valence-corrected chi connectivity index (χ1v) is 9.77. The molecule has 0 radical (unpaired) electrons. The maximum absolute atomic E-state index is 14.0. The third-order valence-electron chi connectivity index (χ3n) is 5.26. The lowest BCUT2D eigenvalue weighted by atomic mass is 9.97. The first kappa shape index (κ1) is 21.9. The second-order valence-electron chi connectivity index (χ2n) is 7.06. The summed E-state index contributed by atoms with van der Waals surface area (Å²) in [5, 5.41) is 11.3. The van der Waals surface area contributed by atoms with Crippen LogP contribution in [-0.4, -0.2) is 36.0 Å². The van der Waals surface area contributed by atoms with Gasteiger partial charge in [0.2, 0.25) is 0 Å². The number of pyridine rings is 1. The van der Waals surface area contributed by atoms with E-state index in [4.69, 9.17) is 9.47 Å². The number of Topliss-reactive ketones (excluding diaryl/α,β-unsaturated/α-hetero) is 1. The molecule has 1 aliphatic heterocycles. The van der Waals surface area contributed by atoms with E-state index in [1.165, 1.54) is 26.5 Å². The minimum absolute atomic E-state index is 0.0618. The number of methoxy groups -OCH3 is 2. The summed E-state index contributed by atoms with van der Waals surface area (Å²) in [5.41, 5.74) is -0.0764. The summed E-state index contributed by atoms with van der Waals surface area (Å²) in [6.45, 7) is 0. The molecule has 7 nitrogen and oxygen atoms in total. The van der Waals surface area contributed by atoms with Crippen LogP contribution in [0.15, 0.2) is 66.4 Å². The SMILES string of the molecule is COc1cccc(OC)c1/C(O)=C1\C(=O)C(=O)N(c2ccc(F)c(F)c2)C1c1ccccn1. The van der Waals surface area contributed by atoms with Crippen LogP contribution in [0, 0.1) is 11.6 Å². The maximum atomic E-state index is 14.0. The Morgan fingerprint density at radius 2 is 1.67 bits per heavy atom. The van der Waals surface area contributed by atoms with Gasteiger partial charge < -0.3 is 14.6 Å². The van der Waals surface area contributed by atoms with Gasteiger partial charge in [0.25, 0.3) is 11.7 Å². The summed E-state index contributed by atoms with van der Waals surface area (Å²) in [5.74, 6) is -4.52. The van der Waals surface area contributed by atoms with Crippen LogP contribution < -0.4 is 14.4 Å². The summed E-state index contributed by atoms with van der Waals surface area (Å²) in [6, 6.07) is 11.2. The van der Waals surface area contributed by atoms with Crippen molar-refractivity contribution in [2.75, 3.05) is 19.1 Å². The zero-order valence-corrected chi connectivity index (χ0v) is 17.6. The second kappa shape index (κ2) is 8.70. The highest BCUT2D eigenvalue weighted by Crippen LogP contribution is 2.44. The molecule has 0 saturated carbocycles. The van der Waals surface area contributed by atoms with Crippen LogP contribution >= 0.6 is 0 Å². The zero-order valence-electron chi connectivity index (χ0n) is 17.6. The van der Waals surface area contributed by atoms with E-state index >= 15 is 0 Å². The van der Waals surface area contributed by atoms with Gasteiger partial charge in [0.15, 0.2) is 11.6 Å². The summed E-state index contributed by atoms with van der Waals surface area (Å²) < 4.78 is 38.2. The molecular formula is C24H18F2N2O5. The van der Waals surface area contributed by atoms with Crippen molar-refractivity contribution < 1.29 is 33.0 Å². The second-order valence-corrected chi connectivity index (χ2v) is 7.06. The number of hydrogen-bond acceptors (Lipinski definition) is 6. The fourth-order valence-electron chi connectivity index (χ4n) is 3.77. The Labute approximate surface area is 187 Å². The van der Waals surface area contributed by atoms with Crippen molar-refractivity contribution in [3.63, 3.8) is 0 Å². The summed E-state index contributed by atoms with van der Waals surface area (Å²) in [7, 11) is 2.75. The van der Waals surface area contributed by atoms with Gasteiger partial charge >= 0.3 is 0 Å². The highest BCUT2D eigenvalue weighted by atomic mass is 19.2. The average Bonchev–Trinajstić information content (AvgIpc) is 3.10. The number of aliphatic hydroxyl groups is 1. The standard InChI is InChI=1S/C24H18F2N2O5/c1-32-17-7-5-8-18(33-2)19(17)22(29)20-21(16-6-3-4-11-27-16)28(24(31)23(20)30)13-9-10-14(25)15(26)12-13/h3-12,21,29H,1-2H3/b22-20+. The van der Waals surface area contributed by atoms with E-state index in [0.717, 1.165) is 17.0 Å². The summed E-state index contributed by atoms with van der Waals surface area (Å²) in [6.07, 6.45) is 1.45. The number of nitrogens with zero attached hydrogens (tertiary/aromatic N) is 2. The number of rotatable bonds is 5. The van der Waals surface area contributed by atoms with E-state index in [-0.39, 0.29) is 34.0 Å². The Bertz CT molecular complexity index is 1250. The maximum Gasteiger partial charge on any atom is 0.300 e. The van der Waals surface area contributed by atoms with Gasteiger partial charge in [-0.25, -0.2) is 8.78 Å². The van der Waals surface area contributed by atoms with Crippen LogP contribution in [0.3, 0.4) is 0 Å². The normalized spacial score (nSPS) is 17.3. The van der Waals surface area contributed by atoms with Crippen molar-refractivity contribution >= 4 is 23.1 Å². The van der Waals surface area contributed by atoms with Crippen LogP contribution in [0.5, 0.6) is 11.5 Å². The van der Waals surface area contributed by atoms with E-state index in [2.05, 4.69) is 4.98 Å². The highest BCUT2D eigenvalue weighted by molar-refractivity contribution is 6.51. The number of hydrogen-bond donors (Lipinski definition) is 1. The van der Waals surface area contributed by atoms with E-state index in [1.54, 1.807) is 36.4 Å². The molecule has 9 heteroatoms. The molecule has 2 aromatic carbocycles. The molecule has 1 saturated heterocycles. The molecule has 1 amide bonds. The van der Waals surface area contributed by atoms with Crippen molar-refractivity contribution in [2.24, 2.45) is 0 Å². The monoisotopic (exact) mass is 452 g/mol. The molecule has 0 spiro atoms. The van der Waals surface area contributed by atoms with Crippen LogP contribution in [0.4, 0.5) is 14.5 Å². The van der Waals surface area contributed by atoms with Crippen LogP contribution in [-0.2, 0) is 9.59 Å². The number of amides is 1. The molecule has 0 aliphatic carbocycles. The Morgan fingerprint density at radius 1 is 0.970 bits per heavy atom. The molecule has 3 aromatic rings. The van der Waals surface area contributed by atoms with Crippen molar-refractivity contribution in [1.29, 1.82) is 0 Å². The Balaban J connectivity index is 2.01. The number of anilines is 1. The number of halogens is 2. The van der Waals surface area contributed by atoms with Gasteiger partial charge in [-0.1, -0.05) is 12.1 Å². The molecule has 4 rings (SSSR count). The van der Waals surface area contributed by atoms with Gasteiger partial charge in [0.1, 0.15) is 28.9 Å². The van der Waals surface area contributed by atoms with Gasteiger partial charge in [-0.05, 0) is 36.4 Å². The molecule has 1 fully saturated rings. The Kier molecular flexibility index (Phi) is 5.78. The molecule has 168 valence electrons. The van der Waals surface area contributed by atoms with E-state index < -0.39 is 35.1 Å². The topological polar surface area (TPSA) is 89.0 Å². The quantitative estimate of drug-likeness (QED) is 0.358. The van der Waals surface area contributed by atoms with Gasteiger partial charge in [0.05, 0.1) is 25.5 Å². The predicted octanol–water partition coefficient (Wildman–Crippen LogP) is 4.00. The molecule has 1 aliphatic rings. The van der Waals surface area contributed by atoms with Crippen LogP contribution in [0.2, 0.25) is 0 Å². The molecule has 1 atom stereocenters. The molecule has 0 bridgehead atoms. The van der Waals surface area contributed by atoms with Crippen molar-refractivity contribution in [1.82, 2.24) is 4.98 Å². The minimum Gasteiger partial charge on any atom is -0.506 e. The Hall–Kier alpha value is -4.27. The van der Waals surface area contributed by atoms with Gasteiger partial charge in [0, 0.05) is 18.0 Å². The number of carbonyl (C=O) groups is 2. The lowest BCUT2D eigenvalue weighted by molar-refractivity contribution is -0.132. The predicted molar refractivity (Wildman–Crippen MR) is 115 cm³/mol. The first-order valence-electron chi connectivity index (χ1n) is 9.77. The first-order chi connectivity index (χ1) is 15.9. The molecule has 1 aromatic heterocycles. The van der Waals surface area contributed by atoms with E-state index in [0.29, 0.717) is 0 Å². The molecule has 2 heterocycles. The van der Waals surface area contributed by atoms with E-state index in [9.17, 15) is 23.5 Å². The third kappa shape index (κ3) is 3.67. The number of ketones is 1. The van der Waals surface area contributed by atoms with Gasteiger partial charge in [-0.15, -0.1) is 0 Å². The smallest absolute Gasteiger partial charge is 0.300 e. The minimum atomic E-state index is -1.22. The van der Waals surface area contributed by atoms with Crippen molar-refractivity contribution in [3.05, 3.63) is 89.3 Å². The fraction of sp³-hybridized carbons (Fsp3) is 0.125. The average molecular weight is 452 g/mol. The fourth-order valence-corrected chi connectivity index (χ4v) is 3.77. The zero-order chi connectivity index (χ0) is 23.7. The molecule has 33 heavy (non-hydrogen) atoms. The molecular weight excluding hydrogens is 434 g/mol. The highest BCUT2D eigenvalue weighted by Gasteiger charge is 2.48. The van der Waals surface area contributed by atoms with Crippen LogP contribution in [0.1, 0.15) is 17.3 Å². The van der Waals surface area contributed by atoms with Crippen molar-refractivity contribution in [3.8, 4) is 11.5 Å². The molecule has 1 N–H and O–H groups in total. The largest absolute Gasteiger partial charge is 0.506 e. The molecule has 1 unspecified atom stereocenters. The van der Waals surface area contributed by atoms with E-state index in [1.807, 2.05) is 0 Å². The number of aliphatic hydroxyl groups excluding tert-OH is 1. The summed E-state index contributed by atoms with van der Waals surface area (Å²) in [4.78, 5) is 31.4. The van der Waals surface area contributed by atoms with Crippen LogP contribution in [0.25, 0.3) is 5.76 Å². The number of ether oxygens (including phenoxy) is 2. The Morgan fingerprint density at radius 3 is 2.24 bits per heavy atom. The number of carbonyl (C=O) groups excluding carboxylic acids is 2. The van der Waals surface area contributed by atoms with Gasteiger partial charge in [-0.3, -0.25) is 19.5 Å². The number of aromatic nitrogens is 1. The lowest BCUT2D eigenvalue weighted by Gasteiger charge is -2.25. The van der Waals surface area contributed by atoms with Gasteiger partial charge in [-0.2, -0.15) is 0 Å². The summed E-state index contributed by atoms with van der Waals surface area (Å²) >= 11 is 0. The van der Waals surface area contributed by atoms with Crippen molar-refractivity contribution in [2.45, 2.75) is 6.04 Å². The third-order valence-corrected chi connectivity index (χ3v) is 5.26. The number of benzene rings is 2.